The average Bonchev–Trinajstić information content (AvgIpc) is 2.95. The minimum atomic E-state index is 0.761. The van der Waals surface area contributed by atoms with Crippen LogP contribution in [0.2, 0.25) is 0 Å². The maximum absolute atomic E-state index is 6.18. The Morgan fingerprint density at radius 3 is 3.05 bits per heavy atom. The van der Waals surface area contributed by atoms with Crippen molar-refractivity contribution >= 4 is 16.6 Å². The second kappa shape index (κ2) is 5.28. The van der Waals surface area contributed by atoms with E-state index < -0.39 is 0 Å². The predicted octanol–water partition coefficient (Wildman–Crippen LogP) is 2.10. The molecule has 0 radical (unpaired) electrons. The van der Waals surface area contributed by atoms with Crippen LogP contribution in [0.4, 0.5) is 5.69 Å². The lowest BCUT2D eigenvalue weighted by Crippen LogP contribution is -2.49. The highest BCUT2D eigenvalue weighted by atomic mass is 15.3. The lowest BCUT2D eigenvalue weighted by Gasteiger charge is -2.37. The number of nitrogen functional groups attached to an aromatic ring is 1. The van der Waals surface area contributed by atoms with Crippen molar-refractivity contribution in [1.82, 2.24) is 14.8 Å². The third-order valence-corrected chi connectivity index (χ3v) is 4.86. The van der Waals surface area contributed by atoms with Crippen molar-refractivity contribution in [2.45, 2.75) is 25.4 Å². The van der Waals surface area contributed by atoms with Gasteiger partial charge < -0.3 is 5.73 Å². The van der Waals surface area contributed by atoms with E-state index in [1.165, 1.54) is 32.5 Å². The van der Waals surface area contributed by atoms with E-state index in [-0.39, 0.29) is 0 Å². The van der Waals surface area contributed by atoms with Crippen molar-refractivity contribution in [3.8, 4) is 0 Å². The predicted molar refractivity (Wildman–Crippen MR) is 86.0 cm³/mol. The molecule has 1 atom stereocenters. The van der Waals surface area contributed by atoms with Gasteiger partial charge in [0.25, 0.3) is 0 Å². The van der Waals surface area contributed by atoms with E-state index in [1.54, 1.807) is 0 Å². The Balaban J connectivity index is 1.54. The number of aromatic nitrogens is 1. The number of fused-ring (bicyclic) bond motifs is 2. The number of piperazine rings is 1. The lowest BCUT2D eigenvalue weighted by molar-refractivity contribution is 0.0985. The van der Waals surface area contributed by atoms with E-state index in [0.717, 1.165) is 41.4 Å². The summed E-state index contributed by atoms with van der Waals surface area (Å²) in [6.07, 6.45) is 2.71. The second-order valence-corrected chi connectivity index (χ2v) is 6.29. The van der Waals surface area contributed by atoms with Crippen molar-refractivity contribution in [3.63, 3.8) is 0 Å². The number of para-hydroxylation sites is 1. The van der Waals surface area contributed by atoms with Gasteiger partial charge >= 0.3 is 0 Å². The summed E-state index contributed by atoms with van der Waals surface area (Å²) in [4.78, 5) is 9.95. The topological polar surface area (TPSA) is 45.4 Å². The molecule has 0 aliphatic carbocycles. The summed E-state index contributed by atoms with van der Waals surface area (Å²) in [6, 6.07) is 10.9. The molecule has 2 aliphatic rings. The average molecular weight is 282 g/mol. The van der Waals surface area contributed by atoms with Gasteiger partial charge in [-0.15, -0.1) is 0 Å². The van der Waals surface area contributed by atoms with Gasteiger partial charge in [-0.05, 0) is 31.5 Å². The zero-order valence-corrected chi connectivity index (χ0v) is 12.3. The van der Waals surface area contributed by atoms with Gasteiger partial charge in [0.05, 0.1) is 11.2 Å². The van der Waals surface area contributed by atoms with Crippen molar-refractivity contribution in [2.75, 3.05) is 31.9 Å². The van der Waals surface area contributed by atoms with Crippen LogP contribution in [0.3, 0.4) is 0 Å². The molecule has 4 heteroatoms. The van der Waals surface area contributed by atoms with Crippen LogP contribution < -0.4 is 5.73 Å². The van der Waals surface area contributed by atoms with E-state index in [9.17, 15) is 0 Å². The number of nitrogens with two attached hydrogens (primary N) is 1. The van der Waals surface area contributed by atoms with Crippen LogP contribution >= 0.6 is 0 Å². The third kappa shape index (κ3) is 2.49. The fraction of sp³-hybridized carbons (Fsp3) is 0.471. The first-order chi connectivity index (χ1) is 10.3. The molecule has 4 rings (SSSR count). The van der Waals surface area contributed by atoms with Gasteiger partial charge in [-0.25, -0.2) is 0 Å². The quantitative estimate of drug-likeness (QED) is 0.916. The van der Waals surface area contributed by atoms with Crippen LogP contribution in [-0.2, 0) is 6.54 Å². The Hall–Kier alpha value is -1.65. The molecule has 0 saturated carbocycles. The van der Waals surface area contributed by atoms with Gasteiger partial charge in [0, 0.05) is 43.3 Å². The Morgan fingerprint density at radius 1 is 1.19 bits per heavy atom. The van der Waals surface area contributed by atoms with Crippen LogP contribution in [0.15, 0.2) is 30.3 Å². The van der Waals surface area contributed by atoms with Gasteiger partial charge in [-0.2, -0.15) is 0 Å². The fourth-order valence-corrected chi connectivity index (χ4v) is 3.77. The zero-order valence-electron chi connectivity index (χ0n) is 12.3. The Bertz CT molecular complexity index is 654. The first kappa shape index (κ1) is 13.0. The minimum Gasteiger partial charge on any atom is -0.398 e. The van der Waals surface area contributed by atoms with Crippen LogP contribution in [0.25, 0.3) is 10.9 Å². The minimum absolute atomic E-state index is 0.761. The smallest absolute Gasteiger partial charge is 0.0726 e. The van der Waals surface area contributed by atoms with E-state index in [0.29, 0.717) is 0 Å². The molecular weight excluding hydrogens is 260 g/mol. The molecule has 2 aromatic rings. The first-order valence-corrected chi connectivity index (χ1v) is 7.90. The SMILES string of the molecule is Nc1cc(CN2CCN3CCCC3C2)nc2ccccc12. The number of hydrogen-bond acceptors (Lipinski definition) is 4. The summed E-state index contributed by atoms with van der Waals surface area (Å²) in [6.45, 7) is 5.73. The molecule has 0 amide bonds. The molecule has 0 spiro atoms. The molecule has 2 N–H and O–H groups in total. The summed E-state index contributed by atoms with van der Waals surface area (Å²) in [5.74, 6) is 0. The Morgan fingerprint density at radius 2 is 2.10 bits per heavy atom. The maximum atomic E-state index is 6.18. The second-order valence-electron chi connectivity index (χ2n) is 6.29. The summed E-state index contributed by atoms with van der Waals surface area (Å²) < 4.78 is 0. The van der Waals surface area contributed by atoms with Crippen molar-refractivity contribution in [2.24, 2.45) is 0 Å². The molecule has 2 aliphatic heterocycles. The molecular formula is C17H22N4. The first-order valence-electron chi connectivity index (χ1n) is 7.90. The van der Waals surface area contributed by atoms with Gasteiger partial charge in [0.2, 0.25) is 0 Å². The molecule has 110 valence electrons. The molecule has 4 nitrogen and oxygen atoms in total. The van der Waals surface area contributed by atoms with E-state index >= 15 is 0 Å². The molecule has 2 saturated heterocycles. The summed E-state index contributed by atoms with van der Waals surface area (Å²) in [7, 11) is 0. The number of nitrogens with zero attached hydrogens (tertiary/aromatic N) is 3. The lowest BCUT2D eigenvalue weighted by atomic mass is 10.1. The number of pyridine rings is 1. The van der Waals surface area contributed by atoms with Crippen LogP contribution in [-0.4, -0.2) is 47.0 Å². The highest BCUT2D eigenvalue weighted by Gasteiger charge is 2.30. The van der Waals surface area contributed by atoms with Gasteiger partial charge in [-0.1, -0.05) is 18.2 Å². The monoisotopic (exact) mass is 282 g/mol. The molecule has 0 bridgehead atoms. The largest absolute Gasteiger partial charge is 0.398 e. The molecule has 21 heavy (non-hydrogen) atoms. The van der Waals surface area contributed by atoms with Crippen LogP contribution in [0, 0.1) is 0 Å². The molecule has 1 aromatic carbocycles. The number of hydrogen-bond donors (Lipinski definition) is 1. The third-order valence-electron chi connectivity index (χ3n) is 4.86. The summed E-state index contributed by atoms with van der Waals surface area (Å²) in [5, 5.41) is 1.06. The highest BCUT2D eigenvalue weighted by Crippen LogP contribution is 2.24. The molecule has 1 unspecified atom stereocenters. The van der Waals surface area contributed by atoms with Gasteiger partial charge in [0.15, 0.2) is 0 Å². The van der Waals surface area contributed by atoms with Crippen molar-refractivity contribution in [1.29, 1.82) is 0 Å². The normalized spacial score (nSPS) is 23.5. The molecule has 3 heterocycles. The Kier molecular flexibility index (Phi) is 3.28. The van der Waals surface area contributed by atoms with Crippen molar-refractivity contribution in [3.05, 3.63) is 36.0 Å². The summed E-state index contributed by atoms with van der Waals surface area (Å²) >= 11 is 0. The van der Waals surface area contributed by atoms with Crippen LogP contribution in [0.1, 0.15) is 18.5 Å². The maximum Gasteiger partial charge on any atom is 0.0726 e. The fourth-order valence-electron chi connectivity index (χ4n) is 3.77. The van der Waals surface area contributed by atoms with E-state index in [4.69, 9.17) is 10.7 Å². The number of benzene rings is 1. The molecule has 2 fully saturated rings. The summed E-state index contributed by atoms with van der Waals surface area (Å²) in [5.41, 5.74) is 9.13. The number of anilines is 1. The number of rotatable bonds is 2. The highest BCUT2D eigenvalue weighted by molar-refractivity contribution is 5.90. The van der Waals surface area contributed by atoms with E-state index in [1.807, 2.05) is 30.3 Å². The molecule has 1 aromatic heterocycles. The van der Waals surface area contributed by atoms with Gasteiger partial charge in [-0.3, -0.25) is 14.8 Å². The van der Waals surface area contributed by atoms with Crippen molar-refractivity contribution < 1.29 is 0 Å². The standard InChI is InChI=1S/C17H22N4/c18-16-10-13(19-17-6-2-1-5-15(16)17)11-20-8-9-21-7-3-4-14(21)12-20/h1-2,5-6,10,14H,3-4,7-9,11-12H2,(H2,18,19). The van der Waals surface area contributed by atoms with Gasteiger partial charge in [0.1, 0.15) is 0 Å². The zero-order chi connectivity index (χ0) is 14.2. The van der Waals surface area contributed by atoms with E-state index in [2.05, 4.69) is 9.80 Å². The Labute approximate surface area is 125 Å². The van der Waals surface area contributed by atoms with Crippen LogP contribution in [0.5, 0.6) is 0 Å².